The lowest BCUT2D eigenvalue weighted by molar-refractivity contribution is -0.384. The fraction of sp³-hybridized carbons (Fsp3) is 0.188. The monoisotopic (exact) mass is 316 g/mol. The summed E-state index contributed by atoms with van der Waals surface area (Å²) >= 11 is 0. The number of hydrogen-bond acceptors (Lipinski definition) is 5. The van der Waals surface area contributed by atoms with E-state index in [4.69, 9.17) is 4.74 Å². The molecule has 2 rings (SSSR count). The van der Waals surface area contributed by atoms with Crippen molar-refractivity contribution >= 4 is 17.3 Å². The van der Waals surface area contributed by atoms with Crippen LogP contribution in [0.1, 0.15) is 12.0 Å². The standard InChI is InChI=1S/C16H16N2O5/c1-23-15-5-3-2-4-11(15)6-9-16(20)17-13-10-12(18(21)22)7-8-14(13)19/h2-5,7-8,10,19H,6,9H2,1H3,(H,17,20). The Morgan fingerprint density at radius 3 is 2.74 bits per heavy atom. The minimum Gasteiger partial charge on any atom is -0.506 e. The van der Waals surface area contributed by atoms with Gasteiger partial charge in [-0.25, -0.2) is 0 Å². The molecule has 120 valence electrons. The van der Waals surface area contributed by atoms with Crippen molar-refractivity contribution in [3.05, 3.63) is 58.1 Å². The number of nitrogens with one attached hydrogen (secondary N) is 1. The Labute approximate surface area is 132 Å². The second-order valence-corrected chi connectivity index (χ2v) is 4.82. The van der Waals surface area contributed by atoms with Crippen molar-refractivity contribution in [2.75, 3.05) is 12.4 Å². The van der Waals surface area contributed by atoms with Gasteiger partial charge in [0.1, 0.15) is 11.5 Å². The molecule has 0 radical (unpaired) electrons. The summed E-state index contributed by atoms with van der Waals surface area (Å²) in [5, 5.41) is 22.9. The number of methoxy groups -OCH3 is 1. The molecule has 2 N–H and O–H groups in total. The van der Waals surface area contributed by atoms with E-state index in [9.17, 15) is 20.0 Å². The van der Waals surface area contributed by atoms with Gasteiger partial charge in [0.05, 0.1) is 17.7 Å². The lowest BCUT2D eigenvalue weighted by Gasteiger charge is -2.09. The number of aromatic hydroxyl groups is 1. The molecule has 0 heterocycles. The van der Waals surface area contributed by atoms with Gasteiger partial charge in [-0.05, 0) is 24.1 Å². The van der Waals surface area contributed by atoms with Crippen LogP contribution in [-0.4, -0.2) is 23.0 Å². The van der Waals surface area contributed by atoms with Crippen LogP contribution in [0.5, 0.6) is 11.5 Å². The minimum atomic E-state index is -0.593. The quantitative estimate of drug-likeness (QED) is 0.485. The van der Waals surface area contributed by atoms with Crippen LogP contribution in [0, 0.1) is 10.1 Å². The smallest absolute Gasteiger partial charge is 0.271 e. The maximum absolute atomic E-state index is 12.0. The average molecular weight is 316 g/mol. The van der Waals surface area contributed by atoms with Crippen LogP contribution < -0.4 is 10.1 Å². The first-order chi connectivity index (χ1) is 11.0. The number of nitrogens with zero attached hydrogens (tertiary/aromatic N) is 1. The molecule has 0 aliphatic heterocycles. The predicted molar refractivity (Wildman–Crippen MR) is 84.7 cm³/mol. The summed E-state index contributed by atoms with van der Waals surface area (Å²) in [4.78, 5) is 22.1. The highest BCUT2D eigenvalue weighted by molar-refractivity contribution is 5.92. The fourth-order valence-electron chi connectivity index (χ4n) is 2.11. The van der Waals surface area contributed by atoms with E-state index in [0.717, 1.165) is 11.6 Å². The van der Waals surface area contributed by atoms with Crippen LogP contribution in [0.25, 0.3) is 0 Å². The van der Waals surface area contributed by atoms with Gasteiger partial charge in [0.2, 0.25) is 5.91 Å². The molecule has 0 saturated heterocycles. The van der Waals surface area contributed by atoms with E-state index in [1.54, 1.807) is 13.2 Å². The van der Waals surface area contributed by atoms with Crippen LogP contribution in [0.4, 0.5) is 11.4 Å². The highest BCUT2D eigenvalue weighted by Gasteiger charge is 2.13. The summed E-state index contributed by atoms with van der Waals surface area (Å²) in [6, 6.07) is 10.8. The molecule has 0 unspecified atom stereocenters. The van der Waals surface area contributed by atoms with E-state index < -0.39 is 4.92 Å². The van der Waals surface area contributed by atoms with Crippen molar-refractivity contribution in [2.45, 2.75) is 12.8 Å². The van der Waals surface area contributed by atoms with E-state index in [2.05, 4.69) is 5.32 Å². The molecular formula is C16H16N2O5. The molecule has 0 saturated carbocycles. The third-order valence-electron chi connectivity index (χ3n) is 3.28. The number of nitro groups is 1. The van der Waals surface area contributed by atoms with Crippen molar-refractivity contribution in [2.24, 2.45) is 0 Å². The van der Waals surface area contributed by atoms with Gasteiger partial charge in [0, 0.05) is 18.6 Å². The summed E-state index contributed by atoms with van der Waals surface area (Å²) < 4.78 is 5.21. The normalized spacial score (nSPS) is 10.1. The zero-order chi connectivity index (χ0) is 16.8. The Morgan fingerprint density at radius 1 is 1.30 bits per heavy atom. The zero-order valence-corrected chi connectivity index (χ0v) is 12.5. The van der Waals surface area contributed by atoms with E-state index >= 15 is 0 Å². The molecule has 2 aromatic rings. The summed E-state index contributed by atoms with van der Waals surface area (Å²) in [5.74, 6) is 0.117. The van der Waals surface area contributed by atoms with Gasteiger partial charge in [0.25, 0.3) is 5.69 Å². The number of anilines is 1. The number of benzene rings is 2. The second-order valence-electron chi connectivity index (χ2n) is 4.82. The third kappa shape index (κ3) is 4.19. The summed E-state index contributed by atoms with van der Waals surface area (Å²) in [6.07, 6.45) is 0.605. The lowest BCUT2D eigenvalue weighted by Crippen LogP contribution is -2.13. The third-order valence-corrected chi connectivity index (χ3v) is 3.28. The van der Waals surface area contributed by atoms with E-state index in [0.29, 0.717) is 12.2 Å². The van der Waals surface area contributed by atoms with Gasteiger partial charge in [-0.2, -0.15) is 0 Å². The number of phenolic OH excluding ortho intramolecular Hbond substituents is 1. The first-order valence-corrected chi connectivity index (χ1v) is 6.90. The Bertz CT molecular complexity index is 730. The number of ether oxygens (including phenoxy) is 1. The highest BCUT2D eigenvalue weighted by Crippen LogP contribution is 2.28. The van der Waals surface area contributed by atoms with Crippen LogP contribution >= 0.6 is 0 Å². The Hall–Kier alpha value is -3.09. The van der Waals surface area contributed by atoms with Crippen molar-refractivity contribution in [3.8, 4) is 11.5 Å². The number of carbonyl (C=O) groups excluding carboxylic acids is 1. The van der Waals surface area contributed by atoms with Crippen LogP contribution in [0.15, 0.2) is 42.5 Å². The van der Waals surface area contributed by atoms with Gasteiger partial charge in [-0.15, -0.1) is 0 Å². The molecule has 7 heteroatoms. The SMILES string of the molecule is COc1ccccc1CCC(=O)Nc1cc([N+](=O)[O-])ccc1O. The second kappa shape index (κ2) is 7.26. The predicted octanol–water partition coefficient (Wildman–Crippen LogP) is 2.88. The summed E-state index contributed by atoms with van der Waals surface area (Å²) in [5.41, 5.74) is 0.695. The molecular weight excluding hydrogens is 300 g/mol. The van der Waals surface area contributed by atoms with Crippen molar-refractivity contribution in [3.63, 3.8) is 0 Å². The van der Waals surface area contributed by atoms with Gasteiger partial charge in [0.15, 0.2) is 0 Å². The van der Waals surface area contributed by atoms with Crippen LogP contribution in [0.2, 0.25) is 0 Å². The first kappa shape index (κ1) is 16.3. The number of nitro benzene ring substituents is 1. The van der Waals surface area contributed by atoms with Crippen molar-refractivity contribution in [1.82, 2.24) is 0 Å². The number of para-hydroxylation sites is 1. The molecule has 0 aromatic heterocycles. The van der Waals surface area contributed by atoms with Crippen molar-refractivity contribution < 1.29 is 19.6 Å². The fourth-order valence-corrected chi connectivity index (χ4v) is 2.11. The molecule has 0 fully saturated rings. The highest BCUT2D eigenvalue weighted by atomic mass is 16.6. The number of non-ortho nitro benzene ring substituents is 1. The van der Waals surface area contributed by atoms with E-state index in [1.807, 2.05) is 18.2 Å². The maximum Gasteiger partial charge on any atom is 0.271 e. The maximum atomic E-state index is 12.0. The summed E-state index contributed by atoms with van der Waals surface area (Å²) in [7, 11) is 1.56. The molecule has 0 bridgehead atoms. The van der Waals surface area contributed by atoms with Gasteiger partial charge in [-0.1, -0.05) is 18.2 Å². The number of aryl methyl sites for hydroxylation is 1. The molecule has 0 atom stereocenters. The van der Waals surface area contributed by atoms with Crippen LogP contribution in [0.3, 0.4) is 0 Å². The Morgan fingerprint density at radius 2 is 2.04 bits per heavy atom. The number of rotatable bonds is 6. The largest absolute Gasteiger partial charge is 0.506 e. The number of carbonyl (C=O) groups is 1. The van der Waals surface area contributed by atoms with Gasteiger partial charge < -0.3 is 15.2 Å². The number of phenols is 1. The molecule has 0 spiro atoms. The van der Waals surface area contributed by atoms with Crippen molar-refractivity contribution in [1.29, 1.82) is 0 Å². The first-order valence-electron chi connectivity index (χ1n) is 6.90. The van der Waals surface area contributed by atoms with Gasteiger partial charge in [-0.3, -0.25) is 14.9 Å². The molecule has 23 heavy (non-hydrogen) atoms. The minimum absolute atomic E-state index is 0.0178. The molecule has 7 nitrogen and oxygen atoms in total. The number of amides is 1. The molecule has 2 aromatic carbocycles. The Balaban J connectivity index is 2.02. The van der Waals surface area contributed by atoms with E-state index in [1.165, 1.54) is 12.1 Å². The zero-order valence-electron chi connectivity index (χ0n) is 12.5. The topological polar surface area (TPSA) is 102 Å². The lowest BCUT2D eigenvalue weighted by atomic mass is 10.1. The molecule has 0 aliphatic rings. The average Bonchev–Trinajstić information content (AvgIpc) is 2.55. The van der Waals surface area contributed by atoms with Gasteiger partial charge >= 0.3 is 0 Å². The molecule has 0 aliphatic carbocycles. The summed E-state index contributed by atoms with van der Waals surface area (Å²) in [6.45, 7) is 0. The number of hydrogen-bond donors (Lipinski definition) is 2. The van der Waals surface area contributed by atoms with Crippen LogP contribution in [-0.2, 0) is 11.2 Å². The Kier molecular flexibility index (Phi) is 5.14. The molecule has 1 amide bonds. The van der Waals surface area contributed by atoms with E-state index in [-0.39, 0.29) is 29.5 Å².